The molecule has 1 unspecified atom stereocenters. The topological polar surface area (TPSA) is 51.2 Å². The number of nitrogens with one attached hydrogen (secondary N) is 1. The molecule has 5 heteroatoms. The minimum absolute atomic E-state index is 0.0774. The Morgan fingerprint density at radius 2 is 2.41 bits per heavy atom. The number of aryl methyl sites for hydroxylation is 1. The van der Waals surface area contributed by atoms with E-state index >= 15 is 0 Å². The van der Waals surface area contributed by atoms with Crippen LogP contribution >= 0.6 is 11.6 Å². The molecule has 1 aromatic rings. The number of aromatic nitrogens is 1. The Morgan fingerprint density at radius 1 is 1.65 bits per heavy atom. The van der Waals surface area contributed by atoms with Gasteiger partial charge in [-0.25, -0.2) is 0 Å². The fraction of sp³-hybridized carbons (Fsp3) is 0.500. The lowest BCUT2D eigenvalue weighted by atomic mass is 10.2. The van der Waals surface area contributed by atoms with Gasteiger partial charge in [-0.1, -0.05) is 6.07 Å². The van der Waals surface area contributed by atoms with Crippen LogP contribution in [0.5, 0.6) is 0 Å². The van der Waals surface area contributed by atoms with E-state index in [9.17, 15) is 4.79 Å². The maximum atomic E-state index is 12.0. The highest BCUT2D eigenvalue weighted by Crippen LogP contribution is 2.04. The van der Waals surface area contributed by atoms with Crippen molar-refractivity contribution in [1.82, 2.24) is 10.3 Å². The molecule has 94 valence electrons. The van der Waals surface area contributed by atoms with Crippen molar-refractivity contribution in [3.05, 3.63) is 29.6 Å². The van der Waals surface area contributed by atoms with Gasteiger partial charge in [0.2, 0.25) is 0 Å². The molecule has 0 aromatic carbocycles. The minimum Gasteiger partial charge on any atom is -0.383 e. The van der Waals surface area contributed by atoms with Crippen LogP contribution in [0.1, 0.15) is 22.5 Å². The number of carbonyl (C=O) groups excluding carboxylic acids is 1. The summed E-state index contributed by atoms with van der Waals surface area (Å²) >= 11 is 5.67. The number of carbonyl (C=O) groups is 1. The quantitative estimate of drug-likeness (QED) is 0.789. The average molecular weight is 257 g/mol. The summed E-state index contributed by atoms with van der Waals surface area (Å²) < 4.78 is 5.03. The molecule has 4 nitrogen and oxygen atoms in total. The van der Waals surface area contributed by atoms with Crippen LogP contribution in [0, 0.1) is 6.92 Å². The van der Waals surface area contributed by atoms with Crippen molar-refractivity contribution in [2.24, 2.45) is 0 Å². The monoisotopic (exact) mass is 256 g/mol. The van der Waals surface area contributed by atoms with Gasteiger partial charge in [0.25, 0.3) is 5.91 Å². The summed E-state index contributed by atoms with van der Waals surface area (Å²) in [4.78, 5) is 16.0. The fourth-order valence-electron chi connectivity index (χ4n) is 1.51. The number of ether oxygens (including phenoxy) is 1. The first-order valence-electron chi connectivity index (χ1n) is 5.46. The highest BCUT2D eigenvalue weighted by molar-refractivity contribution is 6.17. The molecule has 1 atom stereocenters. The number of nitrogens with zero attached hydrogens (tertiary/aromatic N) is 1. The standard InChI is InChI=1S/C12H17ClN2O2/c1-9-4-3-7-14-11(9)12(16)15-10(5-6-13)8-17-2/h3-4,7,10H,5-6,8H2,1-2H3,(H,15,16). The molecule has 0 bridgehead atoms. The van der Waals surface area contributed by atoms with Gasteiger partial charge in [0, 0.05) is 19.2 Å². The molecule has 0 radical (unpaired) electrons. The van der Waals surface area contributed by atoms with Crippen molar-refractivity contribution in [3.8, 4) is 0 Å². The smallest absolute Gasteiger partial charge is 0.270 e. The Bertz CT molecular complexity index is 365. The number of rotatable bonds is 6. The molecule has 0 aliphatic carbocycles. The zero-order valence-electron chi connectivity index (χ0n) is 10.1. The van der Waals surface area contributed by atoms with E-state index in [0.717, 1.165) is 5.56 Å². The summed E-state index contributed by atoms with van der Waals surface area (Å²) in [7, 11) is 1.60. The Morgan fingerprint density at radius 3 is 3.00 bits per heavy atom. The maximum absolute atomic E-state index is 12.0. The Kier molecular flexibility index (Phi) is 5.94. The molecule has 0 fully saturated rings. The maximum Gasteiger partial charge on any atom is 0.270 e. The van der Waals surface area contributed by atoms with E-state index in [2.05, 4.69) is 10.3 Å². The Balaban J connectivity index is 2.67. The van der Waals surface area contributed by atoms with Gasteiger partial charge in [-0.3, -0.25) is 9.78 Å². The number of alkyl halides is 1. The molecular formula is C12H17ClN2O2. The second kappa shape index (κ2) is 7.25. The van der Waals surface area contributed by atoms with Crippen LogP contribution in [0.3, 0.4) is 0 Å². The number of halogens is 1. The van der Waals surface area contributed by atoms with E-state index in [4.69, 9.17) is 16.3 Å². The first-order valence-corrected chi connectivity index (χ1v) is 6.00. The molecule has 1 N–H and O–H groups in total. The third-order valence-electron chi connectivity index (χ3n) is 2.39. The highest BCUT2D eigenvalue weighted by atomic mass is 35.5. The molecule has 0 spiro atoms. The van der Waals surface area contributed by atoms with E-state index in [-0.39, 0.29) is 11.9 Å². The van der Waals surface area contributed by atoms with Crippen LogP contribution in [0.25, 0.3) is 0 Å². The van der Waals surface area contributed by atoms with Crippen LogP contribution in [0.2, 0.25) is 0 Å². The lowest BCUT2D eigenvalue weighted by molar-refractivity contribution is 0.0889. The van der Waals surface area contributed by atoms with Crippen LogP contribution in [0.4, 0.5) is 0 Å². The van der Waals surface area contributed by atoms with Crippen molar-refractivity contribution in [2.75, 3.05) is 19.6 Å². The highest BCUT2D eigenvalue weighted by Gasteiger charge is 2.15. The third-order valence-corrected chi connectivity index (χ3v) is 2.60. The van der Waals surface area contributed by atoms with Crippen LogP contribution in [-0.4, -0.2) is 36.5 Å². The molecule has 0 aliphatic heterocycles. The second-order valence-corrected chi connectivity index (χ2v) is 4.15. The lowest BCUT2D eigenvalue weighted by Crippen LogP contribution is -2.39. The predicted octanol–water partition coefficient (Wildman–Crippen LogP) is 1.76. The molecule has 1 aromatic heterocycles. The minimum atomic E-state index is -0.185. The lowest BCUT2D eigenvalue weighted by Gasteiger charge is -2.16. The van der Waals surface area contributed by atoms with Gasteiger partial charge in [-0.15, -0.1) is 11.6 Å². The van der Waals surface area contributed by atoms with Crippen molar-refractivity contribution < 1.29 is 9.53 Å². The van der Waals surface area contributed by atoms with Crippen molar-refractivity contribution in [2.45, 2.75) is 19.4 Å². The van der Waals surface area contributed by atoms with Gasteiger partial charge in [-0.2, -0.15) is 0 Å². The van der Waals surface area contributed by atoms with E-state index in [1.165, 1.54) is 0 Å². The summed E-state index contributed by atoms with van der Waals surface area (Å²) in [6.07, 6.45) is 2.28. The van der Waals surface area contributed by atoms with Gasteiger partial charge in [0.1, 0.15) is 5.69 Å². The summed E-state index contributed by atoms with van der Waals surface area (Å²) in [5.41, 5.74) is 1.30. The zero-order chi connectivity index (χ0) is 12.7. The molecule has 1 amide bonds. The number of hydrogen-bond acceptors (Lipinski definition) is 3. The summed E-state index contributed by atoms with van der Waals surface area (Å²) in [6, 6.07) is 3.58. The number of hydrogen-bond donors (Lipinski definition) is 1. The third kappa shape index (κ3) is 4.32. The fourth-order valence-corrected chi connectivity index (χ4v) is 1.77. The molecule has 0 saturated heterocycles. The van der Waals surface area contributed by atoms with Crippen LogP contribution < -0.4 is 5.32 Å². The number of pyridine rings is 1. The van der Waals surface area contributed by atoms with Crippen LogP contribution in [0.15, 0.2) is 18.3 Å². The van der Waals surface area contributed by atoms with E-state index in [1.54, 1.807) is 19.4 Å². The summed E-state index contributed by atoms with van der Waals surface area (Å²) in [5.74, 6) is 0.297. The SMILES string of the molecule is COCC(CCCl)NC(=O)c1ncccc1C. The first-order chi connectivity index (χ1) is 8.19. The van der Waals surface area contributed by atoms with Gasteiger partial charge in [0.05, 0.1) is 12.6 Å². The van der Waals surface area contributed by atoms with Crippen molar-refractivity contribution in [3.63, 3.8) is 0 Å². The summed E-state index contributed by atoms with van der Waals surface area (Å²) in [6.45, 7) is 2.30. The van der Waals surface area contributed by atoms with Crippen molar-refractivity contribution in [1.29, 1.82) is 0 Å². The molecular weight excluding hydrogens is 240 g/mol. The largest absolute Gasteiger partial charge is 0.383 e. The Labute approximate surface area is 106 Å². The molecule has 17 heavy (non-hydrogen) atoms. The zero-order valence-corrected chi connectivity index (χ0v) is 10.8. The van der Waals surface area contributed by atoms with Gasteiger partial charge in [-0.05, 0) is 25.0 Å². The Hall–Kier alpha value is -1.13. The van der Waals surface area contributed by atoms with Gasteiger partial charge in [0.15, 0.2) is 0 Å². The molecule has 1 rings (SSSR count). The molecule has 0 aliphatic rings. The molecule has 0 saturated carbocycles. The number of amides is 1. The van der Waals surface area contributed by atoms with Crippen molar-refractivity contribution >= 4 is 17.5 Å². The van der Waals surface area contributed by atoms with E-state index in [1.807, 2.05) is 13.0 Å². The van der Waals surface area contributed by atoms with E-state index in [0.29, 0.717) is 24.6 Å². The number of methoxy groups -OCH3 is 1. The van der Waals surface area contributed by atoms with Gasteiger partial charge < -0.3 is 10.1 Å². The summed E-state index contributed by atoms with van der Waals surface area (Å²) in [5, 5.41) is 2.87. The van der Waals surface area contributed by atoms with Gasteiger partial charge >= 0.3 is 0 Å². The van der Waals surface area contributed by atoms with E-state index < -0.39 is 0 Å². The average Bonchev–Trinajstić information content (AvgIpc) is 2.30. The first kappa shape index (κ1) is 13.9. The van der Waals surface area contributed by atoms with Crippen LogP contribution in [-0.2, 0) is 4.74 Å². The second-order valence-electron chi connectivity index (χ2n) is 3.77. The molecule has 1 heterocycles. The predicted molar refractivity (Wildman–Crippen MR) is 67.4 cm³/mol. The normalized spacial score (nSPS) is 12.2.